The number of nitro groups is 1. The van der Waals surface area contributed by atoms with E-state index in [0.717, 1.165) is 20.0 Å². The maximum Gasteiger partial charge on any atom is 0.344 e. The van der Waals surface area contributed by atoms with E-state index in [0.29, 0.717) is 12.1 Å². The lowest BCUT2D eigenvalue weighted by Gasteiger charge is -2.16. The number of methoxy groups -OCH3 is 1. The van der Waals surface area contributed by atoms with Gasteiger partial charge in [0.05, 0.1) is 12.0 Å². The number of anilines is 1. The van der Waals surface area contributed by atoms with Crippen molar-refractivity contribution in [1.29, 1.82) is 0 Å². The summed E-state index contributed by atoms with van der Waals surface area (Å²) < 4.78 is 4.57. The molecule has 0 aliphatic carbocycles. The van der Waals surface area contributed by atoms with Crippen molar-refractivity contribution in [3.05, 3.63) is 33.4 Å². The number of rotatable bonds is 8. The standard InChI is InChI=1S/C15H20N2O6/c1-4-5-6-12(14(18)19)16-10-7-9(2)13(17(21)22)11(8-10)15(20)23-3/h7-8,12,16H,4-6H2,1-3H3,(H,18,19)/t12-/m0/s1. The Labute approximate surface area is 133 Å². The molecule has 0 aliphatic heterocycles. The fourth-order valence-corrected chi connectivity index (χ4v) is 2.24. The Kier molecular flexibility index (Phi) is 6.49. The van der Waals surface area contributed by atoms with Gasteiger partial charge < -0.3 is 15.2 Å². The van der Waals surface area contributed by atoms with Crippen LogP contribution in [0.1, 0.15) is 42.1 Å². The van der Waals surface area contributed by atoms with Crippen molar-refractivity contribution in [2.45, 2.75) is 39.2 Å². The van der Waals surface area contributed by atoms with Crippen LogP contribution in [0.3, 0.4) is 0 Å². The zero-order valence-corrected chi connectivity index (χ0v) is 13.3. The van der Waals surface area contributed by atoms with Gasteiger partial charge in [0.1, 0.15) is 11.6 Å². The molecule has 0 amide bonds. The van der Waals surface area contributed by atoms with Gasteiger partial charge in [0.15, 0.2) is 0 Å². The number of hydrogen-bond acceptors (Lipinski definition) is 6. The highest BCUT2D eigenvalue weighted by atomic mass is 16.6. The monoisotopic (exact) mass is 324 g/mol. The van der Waals surface area contributed by atoms with Crippen LogP contribution in [0.25, 0.3) is 0 Å². The predicted molar refractivity (Wildman–Crippen MR) is 83.7 cm³/mol. The molecule has 8 heteroatoms. The minimum absolute atomic E-state index is 0.209. The maximum absolute atomic E-state index is 11.8. The molecule has 126 valence electrons. The number of benzene rings is 1. The molecule has 0 saturated carbocycles. The summed E-state index contributed by atoms with van der Waals surface area (Å²) in [5.41, 5.74) is 0.0273. The smallest absolute Gasteiger partial charge is 0.344 e. The number of nitro benzene ring substituents is 1. The number of unbranched alkanes of at least 4 members (excludes halogenated alkanes) is 1. The number of ether oxygens (including phenoxy) is 1. The third-order valence-electron chi connectivity index (χ3n) is 3.37. The highest BCUT2D eigenvalue weighted by Gasteiger charge is 2.26. The average Bonchev–Trinajstić information content (AvgIpc) is 2.49. The Morgan fingerprint density at radius 2 is 2.09 bits per heavy atom. The van der Waals surface area contributed by atoms with Crippen LogP contribution in [0.4, 0.5) is 11.4 Å². The second kappa shape index (κ2) is 8.11. The number of carbonyl (C=O) groups is 2. The van der Waals surface area contributed by atoms with Crippen molar-refractivity contribution < 1.29 is 24.4 Å². The van der Waals surface area contributed by atoms with Crippen molar-refractivity contribution in [3.63, 3.8) is 0 Å². The summed E-state index contributed by atoms with van der Waals surface area (Å²) in [6.45, 7) is 3.43. The zero-order chi connectivity index (χ0) is 17.6. The molecule has 1 rings (SSSR count). The second-order valence-corrected chi connectivity index (χ2v) is 5.12. The van der Waals surface area contributed by atoms with Crippen molar-refractivity contribution >= 4 is 23.3 Å². The fourth-order valence-electron chi connectivity index (χ4n) is 2.24. The molecule has 0 radical (unpaired) electrons. The van der Waals surface area contributed by atoms with Crippen LogP contribution in [0, 0.1) is 17.0 Å². The van der Waals surface area contributed by atoms with Crippen molar-refractivity contribution in [2.75, 3.05) is 12.4 Å². The van der Waals surface area contributed by atoms with E-state index in [9.17, 15) is 24.8 Å². The van der Waals surface area contributed by atoms with E-state index < -0.39 is 22.9 Å². The number of carboxylic acid groups (broad SMARTS) is 1. The average molecular weight is 324 g/mol. The number of carboxylic acids is 1. The van der Waals surface area contributed by atoms with E-state index in [1.807, 2.05) is 6.92 Å². The largest absolute Gasteiger partial charge is 0.480 e. The molecular formula is C15H20N2O6. The zero-order valence-electron chi connectivity index (χ0n) is 13.3. The lowest BCUT2D eigenvalue weighted by atomic mass is 10.0. The van der Waals surface area contributed by atoms with Gasteiger partial charge >= 0.3 is 11.9 Å². The first-order valence-electron chi connectivity index (χ1n) is 7.18. The fraction of sp³-hybridized carbons (Fsp3) is 0.467. The van der Waals surface area contributed by atoms with E-state index >= 15 is 0 Å². The normalized spacial score (nSPS) is 11.6. The molecule has 0 heterocycles. The minimum atomic E-state index is -1.02. The molecule has 0 aromatic heterocycles. The third-order valence-corrected chi connectivity index (χ3v) is 3.37. The number of nitrogens with one attached hydrogen (secondary N) is 1. The summed E-state index contributed by atoms with van der Waals surface area (Å²) in [6.07, 6.45) is 1.98. The highest BCUT2D eigenvalue weighted by molar-refractivity contribution is 5.96. The molecule has 0 saturated heterocycles. The molecular weight excluding hydrogens is 304 g/mol. The van der Waals surface area contributed by atoms with Crippen molar-refractivity contribution in [3.8, 4) is 0 Å². The summed E-state index contributed by atoms with van der Waals surface area (Å²) in [7, 11) is 1.13. The predicted octanol–water partition coefficient (Wildman–Crippen LogP) is 2.75. The van der Waals surface area contributed by atoms with Crippen LogP contribution in [0.2, 0.25) is 0 Å². The van der Waals surface area contributed by atoms with Gasteiger partial charge in [-0.2, -0.15) is 0 Å². The number of nitrogens with zero attached hydrogens (tertiary/aromatic N) is 1. The molecule has 0 aliphatic rings. The van der Waals surface area contributed by atoms with Crippen LogP contribution in [0.15, 0.2) is 12.1 Å². The molecule has 1 atom stereocenters. The minimum Gasteiger partial charge on any atom is -0.480 e. The summed E-state index contributed by atoms with van der Waals surface area (Å²) >= 11 is 0. The maximum atomic E-state index is 11.8. The molecule has 0 spiro atoms. The summed E-state index contributed by atoms with van der Waals surface area (Å²) in [5, 5.41) is 23.2. The second-order valence-electron chi connectivity index (χ2n) is 5.12. The Hall–Kier alpha value is -2.64. The van der Waals surface area contributed by atoms with Gasteiger partial charge in [0, 0.05) is 11.3 Å². The van der Waals surface area contributed by atoms with Gasteiger partial charge in [-0.3, -0.25) is 10.1 Å². The molecule has 0 bridgehead atoms. The summed E-state index contributed by atoms with van der Waals surface area (Å²) in [4.78, 5) is 33.5. The van der Waals surface area contributed by atoms with Crippen molar-refractivity contribution in [1.82, 2.24) is 0 Å². The van der Waals surface area contributed by atoms with Gasteiger partial charge in [-0.05, 0) is 25.5 Å². The topological polar surface area (TPSA) is 119 Å². The van der Waals surface area contributed by atoms with Crippen LogP contribution in [-0.4, -0.2) is 35.1 Å². The summed E-state index contributed by atoms with van der Waals surface area (Å²) in [6, 6.07) is 1.87. The first-order valence-corrected chi connectivity index (χ1v) is 7.18. The first-order chi connectivity index (χ1) is 10.8. The highest BCUT2D eigenvalue weighted by Crippen LogP contribution is 2.29. The van der Waals surface area contributed by atoms with Gasteiger partial charge in [0.2, 0.25) is 0 Å². The molecule has 2 N–H and O–H groups in total. The number of hydrogen-bond donors (Lipinski definition) is 2. The SMILES string of the molecule is CCCC[C@H](Nc1cc(C)c([N+](=O)[O-])c(C(=O)OC)c1)C(=O)O. The van der Waals surface area contributed by atoms with E-state index in [4.69, 9.17) is 0 Å². The van der Waals surface area contributed by atoms with Crippen LogP contribution >= 0.6 is 0 Å². The molecule has 0 unspecified atom stereocenters. The Morgan fingerprint density at radius 1 is 1.43 bits per heavy atom. The van der Waals surface area contributed by atoms with Gasteiger partial charge in [0.25, 0.3) is 5.69 Å². The molecule has 1 aromatic carbocycles. The van der Waals surface area contributed by atoms with Gasteiger partial charge in [-0.15, -0.1) is 0 Å². The van der Waals surface area contributed by atoms with Gasteiger partial charge in [-0.25, -0.2) is 9.59 Å². The lowest BCUT2D eigenvalue weighted by Crippen LogP contribution is -2.29. The van der Waals surface area contributed by atoms with E-state index in [2.05, 4.69) is 10.1 Å². The van der Waals surface area contributed by atoms with Crippen LogP contribution in [0.5, 0.6) is 0 Å². The van der Waals surface area contributed by atoms with E-state index in [1.54, 1.807) is 0 Å². The van der Waals surface area contributed by atoms with Crippen LogP contribution in [-0.2, 0) is 9.53 Å². The first kappa shape index (κ1) is 18.4. The lowest BCUT2D eigenvalue weighted by molar-refractivity contribution is -0.385. The Balaban J connectivity index is 3.22. The van der Waals surface area contributed by atoms with Crippen LogP contribution < -0.4 is 5.32 Å². The van der Waals surface area contributed by atoms with Gasteiger partial charge in [-0.1, -0.05) is 19.8 Å². The van der Waals surface area contributed by atoms with E-state index in [1.165, 1.54) is 19.1 Å². The molecule has 23 heavy (non-hydrogen) atoms. The molecule has 1 aromatic rings. The van der Waals surface area contributed by atoms with E-state index in [-0.39, 0.29) is 16.8 Å². The Bertz CT molecular complexity index is 614. The number of aliphatic carboxylic acids is 1. The molecule has 0 fully saturated rings. The number of aryl methyl sites for hydroxylation is 1. The number of esters is 1. The molecule has 8 nitrogen and oxygen atoms in total. The summed E-state index contributed by atoms with van der Waals surface area (Å²) in [5.74, 6) is -1.86. The third kappa shape index (κ3) is 4.67. The number of carbonyl (C=O) groups excluding carboxylic acids is 1. The Morgan fingerprint density at radius 3 is 2.57 bits per heavy atom. The quantitative estimate of drug-likeness (QED) is 0.428. The van der Waals surface area contributed by atoms with Crippen molar-refractivity contribution in [2.24, 2.45) is 0 Å².